The Balaban J connectivity index is 1.79. The molecule has 1 N–H and O–H groups in total. The molecule has 20 heavy (non-hydrogen) atoms. The molecule has 110 valence electrons. The highest BCUT2D eigenvalue weighted by Crippen LogP contribution is 2.37. The molecule has 0 saturated heterocycles. The molecule has 0 spiro atoms. The summed E-state index contributed by atoms with van der Waals surface area (Å²) in [5.74, 6) is -0.308. The van der Waals surface area contributed by atoms with E-state index in [1.165, 1.54) is 0 Å². The fourth-order valence-electron chi connectivity index (χ4n) is 2.04. The third kappa shape index (κ3) is 4.10. The molecule has 1 aromatic heterocycles. The van der Waals surface area contributed by atoms with E-state index in [0.29, 0.717) is 37.7 Å². The molecule has 1 aliphatic carbocycles. The SMILES string of the molecule is CCOC(=O)CCCNC(=O)c1cc(Br)cn1C1CC1. The number of rotatable bonds is 7. The third-order valence-corrected chi connectivity index (χ3v) is 3.57. The molecule has 1 amide bonds. The molecular weight excluding hydrogens is 324 g/mol. The number of amides is 1. The smallest absolute Gasteiger partial charge is 0.305 e. The Labute approximate surface area is 126 Å². The topological polar surface area (TPSA) is 60.3 Å². The zero-order chi connectivity index (χ0) is 14.5. The van der Waals surface area contributed by atoms with Crippen LogP contribution in [0.25, 0.3) is 0 Å². The molecule has 0 unspecified atom stereocenters. The molecule has 2 rings (SSSR count). The fraction of sp³-hybridized carbons (Fsp3) is 0.571. The summed E-state index contributed by atoms with van der Waals surface area (Å²) in [6.07, 6.45) is 5.14. The Kier molecular flexibility index (Phi) is 5.23. The Morgan fingerprint density at radius 2 is 2.25 bits per heavy atom. The summed E-state index contributed by atoms with van der Waals surface area (Å²) in [6, 6.07) is 2.29. The van der Waals surface area contributed by atoms with Gasteiger partial charge >= 0.3 is 5.97 Å². The van der Waals surface area contributed by atoms with E-state index in [4.69, 9.17) is 4.74 Å². The van der Waals surface area contributed by atoms with E-state index in [0.717, 1.165) is 17.3 Å². The molecule has 0 radical (unpaired) electrons. The van der Waals surface area contributed by atoms with Gasteiger partial charge in [-0.05, 0) is 48.2 Å². The van der Waals surface area contributed by atoms with Gasteiger partial charge in [0, 0.05) is 29.7 Å². The van der Waals surface area contributed by atoms with Crippen LogP contribution in [0, 0.1) is 0 Å². The molecule has 0 aromatic carbocycles. The maximum absolute atomic E-state index is 12.1. The van der Waals surface area contributed by atoms with Gasteiger partial charge < -0.3 is 14.6 Å². The van der Waals surface area contributed by atoms with Crippen molar-refractivity contribution in [3.63, 3.8) is 0 Å². The zero-order valence-corrected chi connectivity index (χ0v) is 13.1. The Morgan fingerprint density at radius 3 is 2.90 bits per heavy atom. The highest BCUT2D eigenvalue weighted by Gasteiger charge is 2.27. The number of nitrogens with zero attached hydrogens (tertiary/aromatic N) is 1. The highest BCUT2D eigenvalue weighted by atomic mass is 79.9. The summed E-state index contributed by atoms with van der Waals surface area (Å²) in [6.45, 7) is 2.66. The van der Waals surface area contributed by atoms with Crippen molar-refractivity contribution in [3.8, 4) is 0 Å². The Bertz CT molecular complexity index is 495. The van der Waals surface area contributed by atoms with Crippen molar-refractivity contribution in [1.29, 1.82) is 0 Å². The maximum Gasteiger partial charge on any atom is 0.305 e. The summed E-state index contributed by atoms with van der Waals surface area (Å²) >= 11 is 3.40. The van der Waals surface area contributed by atoms with Crippen LogP contribution in [0.15, 0.2) is 16.7 Å². The number of carbonyl (C=O) groups excluding carboxylic acids is 2. The van der Waals surface area contributed by atoms with E-state index >= 15 is 0 Å². The molecular formula is C14H19BrN2O3. The van der Waals surface area contributed by atoms with Crippen LogP contribution >= 0.6 is 15.9 Å². The summed E-state index contributed by atoms with van der Waals surface area (Å²) in [4.78, 5) is 23.3. The predicted molar refractivity (Wildman–Crippen MR) is 78.6 cm³/mol. The van der Waals surface area contributed by atoms with Crippen molar-refractivity contribution in [2.75, 3.05) is 13.2 Å². The van der Waals surface area contributed by atoms with E-state index in [9.17, 15) is 9.59 Å². The van der Waals surface area contributed by atoms with E-state index in [1.54, 1.807) is 6.92 Å². The van der Waals surface area contributed by atoms with Crippen LogP contribution in [0.1, 0.15) is 49.1 Å². The molecule has 0 bridgehead atoms. The van der Waals surface area contributed by atoms with E-state index < -0.39 is 0 Å². The molecule has 6 heteroatoms. The molecule has 1 heterocycles. The second-order valence-electron chi connectivity index (χ2n) is 4.85. The second-order valence-corrected chi connectivity index (χ2v) is 5.76. The van der Waals surface area contributed by atoms with Gasteiger partial charge in [0.25, 0.3) is 5.91 Å². The van der Waals surface area contributed by atoms with E-state index in [-0.39, 0.29) is 11.9 Å². The lowest BCUT2D eigenvalue weighted by atomic mass is 10.3. The van der Waals surface area contributed by atoms with Gasteiger partial charge in [-0.25, -0.2) is 0 Å². The van der Waals surface area contributed by atoms with Gasteiger partial charge in [-0.3, -0.25) is 9.59 Å². The van der Waals surface area contributed by atoms with Crippen LogP contribution in [0.5, 0.6) is 0 Å². The first-order valence-corrected chi connectivity index (χ1v) is 7.72. The molecule has 1 aliphatic rings. The van der Waals surface area contributed by atoms with Crippen LogP contribution in [0.3, 0.4) is 0 Å². The number of ether oxygens (including phenoxy) is 1. The van der Waals surface area contributed by atoms with Crippen LogP contribution in [-0.4, -0.2) is 29.6 Å². The summed E-state index contributed by atoms with van der Waals surface area (Å²) in [5.41, 5.74) is 0.676. The lowest BCUT2D eigenvalue weighted by molar-refractivity contribution is -0.143. The summed E-state index contributed by atoms with van der Waals surface area (Å²) < 4.78 is 7.77. The van der Waals surface area contributed by atoms with Gasteiger partial charge in [0.1, 0.15) is 5.69 Å². The summed E-state index contributed by atoms with van der Waals surface area (Å²) in [5, 5.41) is 2.84. The number of halogens is 1. The maximum atomic E-state index is 12.1. The molecule has 5 nitrogen and oxygen atoms in total. The minimum absolute atomic E-state index is 0.0912. The standard InChI is InChI=1S/C14H19BrN2O3/c1-2-20-13(18)4-3-7-16-14(19)12-8-10(15)9-17(12)11-5-6-11/h8-9,11H,2-7H2,1H3,(H,16,19). The Hall–Kier alpha value is -1.30. The quantitative estimate of drug-likeness (QED) is 0.612. The van der Waals surface area contributed by atoms with Gasteiger partial charge in [0.2, 0.25) is 0 Å². The normalized spacial score (nSPS) is 14.1. The van der Waals surface area contributed by atoms with Gasteiger partial charge in [-0.2, -0.15) is 0 Å². The summed E-state index contributed by atoms with van der Waals surface area (Å²) in [7, 11) is 0. The van der Waals surface area contributed by atoms with E-state index in [2.05, 4.69) is 21.2 Å². The van der Waals surface area contributed by atoms with Gasteiger partial charge in [0.15, 0.2) is 0 Å². The molecule has 1 aromatic rings. The van der Waals surface area contributed by atoms with Crippen LogP contribution in [0.2, 0.25) is 0 Å². The lowest BCUT2D eigenvalue weighted by Crippen LogP contribution is -2.27. The number of nitrogens with one attached hydrogen (secondary N) is 1. The largest absolute Gasteiger partial charge is 0.466 e. The van der Waals surface area contributed by atoms with Crippen molar-refractivity contribution in [1.82, 2.24) is 9.88 Å². The zero-order valence-electron chi connectivity index (χ0n) is 11.5. The average molecular weight is 343 g/mol. The van der Waals surface area contributed by atoms with Crippen molar-refractivity contribution in [2.24, 2.45) is 0 Å². The fourth-order valence-corrected chi connectivity index (χ4v) is 2.48. The third-order valence-electron chi connectivity index (χ3n) is 3.14. The molecule has 0 aliphatic heterocycles. The number of hydrogen-bond donors (Lipinski definition) is 1. The minimum atomic E-state index is -0.217. The molecule has 1 fully saturated rings. The first-order chi connectivity index (χ1) is 9.61. The van der Waals surface area contributed by atoms with Crippen molar-refractivity contribution in [3.05, 3.63) is 22.4 Å². The number of hydrogen-bond acceptors (Lipinski definition) is 3. The monoisotopic (exact) mass is 342 g/mol. The number of aromatic nitrogens is 1. The number of carbonyl (C=O) groups is 2. The van der Waals surface area contributed by atoms with Crippen LogP contribution in [0.4, 0.5) is 0 Å². The van der Waals surface area contributed by atoms with Crippen LogP contribution in [-0.2, 0) is 9.53 Å². The van der Waals surface area contributed by atoms with Gasteiger partial charge in [-0.15, -0.1) is 0 Å². The van der Waals surface area contributed by atoms with Crippen molar-refractivity contribution >= 4 is 27.8 Å². The van der Waals surface area contributed by atoms with Crippen molar-refractivity contribution < 1.29 is 14.3 Å². The first kappa shape index (κ1) is 15.1. The Morgan fingerprint density at radius 1 is 1.50 bits per heavy atom. The lowest BCUT2D eigenvalue weighted by Gasteiger charge is -2.08. The van der Waals surface area contributed by atoms with E-state index in [1.807, 2.05) is 16.8 Å². The minimum Gasteiger partial charge on any atom is -0.466 e. The van der Waals surface area contributed by atoms with Crippen molar-refractivity contribution in [2.45, 2.75) is 38.6 Å². The highest BCUT2D eigenvalue weighted by molar-refractivity contribution is 9.10. The average Bonchev–Trinajstić information content (AvgIpc) is 3.18. The second kappa shape index (κ2) is 6.92. The van der Waals surface area contributed by atoms with Gasteiger partial charge in [-0.1, -0.05) is 0 Å². The first-order valence-electron chi connectivity index (χ1n) is 6.93. The van der Waals surface area contributed by atoms with Gasteiger partial charge in [0.05, 0.1) is 6.61 Å². The van der Waals surface area contributed by atoms with Crippen LogP contribution < -0.4 is 5.32 Å². The predicted octanol–water partition coefficient (Wildman–Crippen LogP) is 2.66. The number of esters is 1. The molecule has 0 atom stereocenters. The molecule has 1 saturated carbocycles.